The number of nitrogens with zero attached hydrogens (tertiary/aromatic N) is 9. The molecule has 1 unspecified atom stereocenters. The van der Waals surface area contributed by atoms with Crippen molar-refractivity contribution in [3.05, 3.63) is 65.4 Å². The summed E-state index contributed by atoms with van der Waals surface area (Å²) in [5.74, 6) is 2.83. The minimum Gasteiger partial charge on any atom is -0.314 e. The van der Waals surface area contributed by atoms with Crippen molar-refractivity contribution in [2.75, 3.05) is 4.90 Å². The number of rotatable bonds is 4. The van der Waals surface area contributed by atoms with Gasteiger partial charge < -0.3 is 4.90 Å². The van der Waals surface area contributed by atoms with Crippen molar-refractivity contribution >= 4 is 22.8 Å². The van der Waals surface area contributed by atoms with Gasteiger partial charge in [-0.1, -0.05) is 13.0 Å². The maximum absolute atomic E-state index is 9.49. The summed E-state index contributed by atoms with van der Waals surface area (Å²) in [7, 11) is 0. The quantitative estimate of drug-likeness (QED) is 0.414. The highest BCUT2D eigenvalue weighted by Crippen LogP contribution is 2.44. The van der Waals surface area contributed by atoms with Crippen LogP contribution in [0.4, 0.5) is 11.5 Å². The monoisotopic (exact) mass is 466 g/mol. The van der Waals surface area contributed by atoms with E-state index in [1.54, 1.807) is 24.7 Å². The lowest BCUT2D eigenvalue weighted by molar-refractivity contribution is 0.588. The van der Waals surface area contributed by atoms with Crippen molar-refractivity contribution in [1.82, 2.24) is 39.9 Å². The lowest BCUT2D eigenvalue weighted by Gasteiger charge is -2.37. The van der Waals surface area contributed by atoms with E-state index in [1.165, 1.54) is 11.3 Å². The predicted octanol–water partition coefficient (Wildman–Crippen LogP) is 4.35. The van der Waals surface area contributed by atoms with Gasteiger partial charge in [-0.2, -0.15) is 10.4 Å². The molecule has 0 radical (unpaired) electrons. The molecule has 1 aromatic carbocycles. The van der Waals surface area contributed by atoms with Gasteiger partial charge in [0, 0.05) is 17.3 Å². The summed E-state index contributed by atoms with van der Waals surface area (Å²) in [4.78, 5) is 16.2. The van der Waals surface area contributed by atoms with Gasteiger partial charge >= 0.3 is 0 Å². The van der Waals surface area contributed by atoms with Crippen molar-refractivity contribution < 1.29 is 0 Å². The summed E-state index contributed by atoms with van der Waals surface area (Å²) in [6.07, 6.45) is 6.03. The third-order valence-electron chi connectivity index (χ3n) is 5.85. The van der Waals surface area contributed by atoms with E-state index in [1.807, 2.05) is 35.1 Å². The minimum absolute atomic E-state index is 0.117. The van der Waals surface area contributed by atoms with E-state index < -0.39 is 0 Å². The van der Waals surface area contributed by atoms with E-state index in [0.29, 0.717) is 17.2 Å². The van der Waals surface area contributed by atoms with Crippen LogP contribution < -0.4 is 4.90 Å². The minimum atomic E-state index is -0.117. The second kappa shape index (κ2) is 7.86. The molecule has 1 atom stereocenters. The van der Waals surface area contributed by atoms with E-state index in [4.69, 9.17) is 4.98 Å². The number of hydrogen-bond acceptors (Lipinski definition) is 9. The van der Waals surface area contributed by atoms with Crippen LogP contribution in [0.3, 0.4) is 0 Å². The third kappa shape index (κ3) is 3.00. The number of hydrogen-bond donors (Lipinski definition) is 1. The van der Waals surface area contributed by atoms with Gasteiger partial charge in [-0.3, -0.25) is 9.67 Å². The fourth-order valence-electron chi connectivity index (χ4n) is 4.34. The highest BCUT2D eigenvalue weighted by molar-refractivity contribution is 7.13. The van der Waals surface area contributed by atoms with Gasteiger partial charge in [0.25, 0.3) is 0 Å². The smallest absolute Gasteiger partial charge is 0.165 e. The number of aryl methyl sites for hydroxylation is 1. The van der Waals surface area contributed by atoms with Gasteiger partial charge in [-0.25, -0.2) is 15.0 Å². The molecular weight excluding hydrogens is 448 g/mol. The molecule has 6 rings (SSSR count). The van der Waals surface area contributed by atoms with Crippen LogP contribution >= 0.6 is 11.3 Å². The van der Waals surface area contributed by atoms with Crippen LogP contribution in [0.15, 0.2) is 48.2 Å². The number of fused-ring (bicyclic) bond motifs is 3. The van der Waals surface area contributed by atoms with Gasteiger partial charge in [0.1, 0.15) is 22.2 Å². The maximum atomic E-state index is 9.49. The second-order valence-electron chi connectivity index (χ2n) is 7.80. The number of thiazole rings is 1. The highest BCUT2D eigenvalue weighted by atomic mass is 32.1. The summed E-state index contributed by atoms with van der Waals surface area (Å²) in [6.45, 7) is 4.02. The molecule has 5 aromatic rings. The first-order chi connectivity index (χ1) is 16.7. The standard InChI is InChI=1S/C23H18N10S/c1-3-17-22-31-29-13(2)32(22)18-12-26-20(16-11-27-30-19(16)23-25-7-8-34-23)28-21(18)33(17)15-6-4-5-14(9-15)10-24/h4-9,11-12,17H,3H2,1-2H3,(H,27,30). The fraction of sp³-hybridized carbons (Fsp3) is 0.174. The van der Waals surface area contributed by atoms with Crippen LogP contribution in [0, 0.1) is 18.3 Å². The molecule has 10 nitrogen and oxygen atoms in total. The second-order valence-corrected chi connectivity index (χ2v) is 8.69. The van der Waals surface area contributed by atoms with Crippen LogP contribution in [-0.2, 0) is 0 Å². The van der Waals surface area contributed by atoms with Gasteiger partial charge in [0.05, 0.1) is 35.6 Å². The lowest BCUT2D eigenvalue weighted by Crippen LogP contribution is -2.32. The Morgan fingerprint density at radius 1 is 1.21 bits per heavy atom. The SMILES string of the molecule is CCC1c2nnc(C)n2-c2cnc(-c3cn[nH]c3-c3nccs3)nc2N1c1cccc(C#N)c1. The topological polar surface area (TPSA) is 125 Å². The Morgan fingerprint density at radius 2 is 2.12 bits per heavy atom. The number of anilines is 2. The van der Waals surface area contributed by atoms with E-state index in [2.05, 4.69) is 48.3 Å². The Hall–Kier alpha value is -4.43. The Labute approximate surface area is 198 Å². The molecule has 1 aliphatic heterocycles. The molecule has 1 N–H and O–H groups in total. The largest absolute Gasteiger partial charge is 0.314 e. The average molecular weight is 467 g/mol. The van der Waals surface area contributed by atoms with Crippen molar-refractivity contribution in [1.29, 1.82) is 5.26 Å². The molecule has 4 aromatic heterocycles. The zero-order valence-electron chi connectivity index (χ0n) is 18.3. The van der Waals surface area contributed by atoms with E-state index in [-0.39, 0.29) is 6.04 Å². The molecule has 0 bridgehead atoms. The molecule has 0 fully saturated rings. The molecule has 5 heterocycles. The molecule has 0 saturated carbocycles. The van der Waals surface area contributed by atoms with Gasteiger partial charge in [-0.15, -0.1) is 21.5 Å². The van der Waals surface area contributed by atoms with E-state index in [0.717, 1.165) is 45.7 Å². The summed E-state index contributed by atoms with van der Waals surface area (Å²) in [6, 6.07) is 9.63. The molecule has 1 aliphatic rings. The Bertz CT molecular complexity index is 1540. The average Bonchev–Trinajstić information content (AvgIpc) is 3.64. The predicted molar refractivity (Wildman–Crippen MR) is 127 cm³/mol. The van der Waals surface area contributed by atoms with Crippen molar-refractivity contribution in [2.45, 2.75) is 26.3 Å². The number of benzene rings is 1. The highest BCUT2D eigenvalue weighted by Gasteiger charge is 2.36. The summed E-state index contributed by atoms with van der Waals surface area (Å²) >= 11 is 1.52. The number of nitrogens with one attached hydrogen (secondary N) is 1. The van der Waals surface area contributed by atoms with Crippen molar-refractivity contribution in [3.63, 3.8) is 0 Å². The van der Waals surface area contributed by atoms with Crippen molar-refractivity contribution in [3.8, 4) is 33.8 Å². The number of aromatic amines is 1. The van der Waals surface area contributed by atoms with Crippen LogP contribution in [0.5, 0.6) is 0 Å². The van der Waals surface area contributed by atoms with Crippen LogP contribution in [0.1, 0.15) is 36.6 Å². The first-order valence-electron chi connectivity index (χ1n) is 10.7. The summed E-state index contributed by atoms with van der Waals surface area (Å²) in [5.41, 5.74) is 3.76. The first kappa shape index (κ1) is 20.2. The Balaban J connectivity index is 1.59. The lowest BCUT2D eigenvalue weighted by atomic mass is 10.1. The molecule has 166 valence electrons. The zero-order valence-corrected chi connectivity index (χ0v) is 19.2. The van der Waals surface area contributed by atoms with Gasteiger partial charge in [0.15, 0.2) is 17.5 Å². The normalized spacial score (nSPS) is 14.5. The summed E-state index contributed by atoms with van der Waals surface area (Å²) in [5, 5.41) is 28.3. The molecule has 0 saturated heterocycles. The van der Waals surface area contributed by atoms with Crippen LogP contribution in [-0.4, -0.2) is 39.9 Å². The number of nitriles is 1. The van der Waals surface area contributed by atoms with E-state index >= 15 is 0 Å². The van der Waals surface area contributed by atoms with Gasteiger partial charge in [-0.05, 0) is 31.5 Å². The van der Waals surface area contributed by atoms with Crippen LogP contribution in [0.25, 0.3) is 27.8 Å². The number of aromatic nitrogens is 8. The molecule has 11 heteroatoms. The summed E-state index contributed by atoms with van der Waals surface area (Å²) < 4.78 is 2.01. The van der Waals surface area contributed by atoms with Crippen molar-refractivity contribution in [2.24, 2.45) is 0 Å². The molecular formula is C23H18N10S. The Morgan fingerprint density at radius 3 is 2.91 bits per heavy atom. The zero-order chi connectivity index (χ0) is 23.2. The molecule has 34 heavy (non-hydrogen) atoms. The molecule has 0 spiro atoms. The Kier molecular flexibility index (Phi) is 4.67. The number of H-pyrrole nitrogens is 1. The molecule has 0 aliphatic carbocycles. The van der Waals surface area contributed by atoms with Gasteiger partial charge in [0.2, 0.25) is 0 Å². The van der Waals surface area contributed by atoms with Crippen LogP contribution in [0.2, 0.25) is 0 Å². The third-order valence-corrected chi connectivity index (χ3v) is 6.64. The fourth-order valence-corrected chi connectivity index (χ4v) is 4.99. The first-order valence-corrected chi connectivity index (χ1v) is 11.6. The molecule has 0 amide bonds. The van der Waals surface area contributed by atoms with E-state index in [9.17, 15) is 5.26 Å². The maximum Gasteiger partial charge on any atom is 0.165 e.